The van der Waals surface area contributed by atoms with E-state index in [0.29, 0.717) is 12.4 Å². The van der Waals surface area contributed by atoms with E-state index in [1.165, 1.54) is 0 Å². The Hall–Kier alpha value is -0.530. The molecule has 0 bridgehead atoms. The minimum Gasteiger partial charge on any atom is -0.464 e. The Bertz CT molecular complexity index is 89.3. The highest BCUT2D eigenvalue weighted by Crippen LogP contribution is 2.11. The average molecular weight is 144 g/mol. The molecule has 0 saturated carbocycles. The molecule has 0 aromatic rings. The zero-order valence-corrected chi connectivity index (χ0v) is 6.96. The molecule has 0 aromatic heterocycles. The lowest BCUT2D eigenvalue weighted by atomic mass is 10.0. The van der Waals surface area contributed by atoms with Crippen LogP contribution in [0.5, 0.6) is 0 Å². The lowest BCUT2D eigenvalue weighted by molar-refractivity contribution is -0.135. The van der Waals surface area contributed by atoms with Gasteiger partial charge in [-0.05, 0) is 12.3 Å². The topological polar surface area (TPSA) is 26.3 Å². The van der Waals surface area contributed by atoms with Crippen LogP contribution in [0.25, 0.3) is 0 Å². The van der Waals surface area contributed by atoms with E-state index in [9.17, 15) is 4.79 Å². The number of carbonyl (C=O) groups is 1. The van der Waals surface area contributed by atoms with E-state index in [4.69, 9.17) is 4.74 Å². The third-order valence-electron chi connectivity index (χ3n) is 1.55. The molecule has 0 aliphatic carbocycles. The molecule has 0 N–H and O–H groups in total. The van der Waals surface area contributed by atoms with E-state index in [2.05, 4.69) is 20.8 Å². The summed E-state index contributed by atoms with van der Waals surface area (Å²) < 4.78 is 4.86. The zero-order valence-electron chi connectivity index (χ0n) is 6.96. The molecule has 0 heterocycles. The maximum absolute atomic E-state index is 9.97. The van der Waals surface area contributed by atoms with Crippen molar-refractivity contribution in [2.45, 2.75) is 39.7 Å². The molecule has 0 aliphatic heterocycles. The Morgan fingerprint density at radius 2 is 2.10 bits per heavy atom. The van der Waals surface area contributed by atoms with Crippen molar-refractivity contribution >= 4 is 6.47 Å². The third-order valence-corrected chi connectivity index (χ3v) is 1.55. The SMILES string of the molecule is CCCC(OC=O)C(C)C. The van der Waals surface area contributed by atoms with Crippen LogP contribution in [0.3, 0.4) is 0 Å². The normalized spacial score (nSPS) is 13.2. The molecule has 1 unspecified atom stereocenters. The molecule has 0 fully saturated rings. The second-order valence-electron chi connectivity index (χ2n) is 2.80. The second kappa shape index (κ2) is 5.27. The number of hydrogen-bond acceptors (Lipinski definition) is 2. The van der Waals surface area contributed by atoms with Crippen LogP contribution in [0.4, 0.5) is 0 Å². The first-order chi connectivity index (χ1) is 4.72. The van der Waals surface area contributed by atoms with Gasteiger partial charge < -0.3 is 4.74 Å². The summed E-state index contributed by atoms with van der Waals surface area (Å²) in [4.78, 5) is 9.97. The minimum atomic E-state index is 0.113. The van der Waals surface area contributed by atoms with Crippen molar-refractivity contribution in [3.63, 3.8) is 0 Å². The molecule has 2 heteroatoms. The van der Waals surface area contributed by atoms with Gasteiger partial charge in [-0.3, -0.25) is 4.79 Å². The van der Waals surface area contributed by atoms with Crippen molar-refractivity contribution < 1.29 is 9.53 Å². The van der Waals surface area contributed by atoms with E-state index in [1.807, 2.05) is 0 Å². The van der Waals surface area contributed by atoms with Gasteiger partial charge in [-0.2, -0.15) is 0 Å². The fraction of sp³-hybridized carbons (Fsp3) is 0.875. The molecule has 0 spiro atoms. The van der Waals surface area contributed by atoms with Gasteiger partial charge in [0.1, 0.15) is 6.10 Å². The summed E-state index contributed by atoms with van der Waals surface area (Å²) in [6.45, 7) is 6.75. The molecule has 2 nitrogen and oxygen atoms in total. The van der Waals surface area contributed by atoms with E-state index < -0.39 is 0 Å². The Morgan fingerprint density at radius 3 is 2.40 bits per heavy atom. The van der Waals surface area contributed by atoms with Gasteiger partial charge in [-0.1, -0.05) is 27.2 Å². The number of rotatable bonds is 5. The second-order valence-corrected chi connectivity index (χ2v) is 2.80. The van der Waals surface area contributed by atoms with Crippen LogP contribution in [0.2, 0.25) is 0 Å². The van der Waals surface area contributed by atoms with Gasteiger partial charge in [-0.25, -0.2) is 0 Å². The number of ether oxygens (including phenoxy) is 1. The Balaban J connectivity index is 3.60. The van der Waals surface area contributed by atoms with E-state index in [1.54, 1.807) is 0 Å². The lowest BCUT2D eigenvalue weighted by Gasteiger charge is -2.17. The smallest absolute Gasteiger partial charge is 0.293 e. The first-order valence-corrected chi connectivity index (χ1v) is 3.81. The molecule has 0 rings (SSSR count). The predicted octanol–water partition coefficient (Wildman–Crippen LogP) is 1.98. The fourth-order valence-corrected chi connectivity index (χ4v) is 0.914. The highest BCUT2D eigenvalue weighted by Gasteiger charge is 2.11. The summed E-state index contributed by atoms with van der Waals surface area (Å²) in [5.74, 6) is 0.435. The highest BCUT2D eigenvalue weighted by atomic mass is 16.5. The maximum atomic E-state index is 9.97. The summed E-state index contributed by atoms with van der Waals surface area (Å²) in [6.07, 6.45) is 2.15. The summed E-state index contributed by atoms with van der Waals surface area (Å²) in [6, 6.07) is 0. The average Bonchev–Trinajstić information content (AvgIpc) is 1.87. The van der Waals surface area contributed by atoms with Gasteiger partial charge >= 0.3 is 0 Å². The summed E-state index contributed by atoms with van der Waals surface area (Å²) in [5, 5.41) is 0. The van der Waals surface area contributed by atoms with Crippen LogP contribution in [-0.2, 0) is 9.53 Å². The van der Waals surface area contributed by atoms with Crippen LogP contribution < -0.4 is 0 Å². The van der Waals surface area contributed by atoms with Crippen molar-refractivity contribution in [2.75, 3.05) is 0 Å². The first-order valence-electron chi connectivity index (χ1n) is 3.81. The van der Waals surface area contributed by atoms with Crippen LogP contribution in [-0.4, -0.2) is 12.6 Å². The van der Waals surface area contributed by atoms with Gasteiger partial charge in [0.25, 0.3) is 6.47 Å². The predicted molar refractivity (Wildman–Crippen MR) is 40.7 cm³/mol. The van der Waals surface area contributed by atoms with Gasteiger partial charge in [0.05, 0.1) is 0 Å². The molecule has 10 heavy (non-hydrogen) atoms. The van der Waals surface area contributed by atoms with E-state index >= 15 is 0 Å². The number of carbonyl (C=O) groups excluding carboxylic acids is 1. The van der Waals surface area contributed by atoms with Gasteiger partial charge in [0.2, 0.25) is 0 Å². The monoisotopic (exact) mass is 144 g/mol. The summed E-state index contributed by atoms with van der Waals surface area (Å²) in [7, 11) is 0. The Morgan fingerprint density at radius 1 is 1.50 bits per heavy atom. The molecule has 1 atom stereocenters. The van der Waals surface area contributed by atoms with Crippen molar-refractivity contribution in [1.82, 2.24) is 0 Å². The van der Waals surface area contributed by atoms with Crippen LogP contribution >= 0.6 is 0 Å². The summed E-state index contributed by atoms with van der Waals surface area (Å²) >= 11 is 0. The van der Waals surface area contributed by atoms with Crippen LogP contribution in [0, 0.1) is 5.92 Å². The van der Waals surface area contributed by atoms with E-state index in [-0.39, 0.29) is 6.10 Å². The molecule has 0 amide bonds. The third kappa shape index (κ3) is 3.49. The maximum Gasteiger partial charge on any atom is 0.293 e. The molecular weight excluding hydrogens is 128 g/mol. The standard InChI is InChI=1S/C8H16O2/c1-4-5-8(7(2)3)10-6-9/h6-8H,4-5H2,1-3H3. The van der Waals surface area contributed by atoms with Gasteiger partial charge in [0.15, 0.2) is 0 Å². The largest absolute Gasteiger partial charge is 0.464 e. The van der Waals surface area contributed by atoms with Crippen molar-refractivity contribution in [1.29, 1.82) is 0 Å². The quantitative estimate of drug-likeness (QED) is 0.551. The lowest BCUT2D eigenvalue weighted by Crippen LogP contribution is -2.18. The molecular formula is C8H16O2. The molecule has 60 valence electrons. The van der Waals surface area contributed by atoms with Crippen molar-refractivity contribution in [2.24, 2.45) is 5.92 Å². The molecule has 0 saturated heterocycles. The molecule has 0 aromatic carbocycles. The fourth-order valence-electron chi connectivity index (χ4n) is 0.914. The Labute approximate surface area is 62.6 Å². The minimum absolute atomic E-state index is 0.113. The van der Waals surface area contributed by atoms with Crippen LogP contribution in [0.1, 0.15) is 33.6 Å². The Kier molecular flexibility index (Phi) is 4.99. The van der Waals surface area contributed by atoms with Gasteiger partial charge in [0, 0.05) is 0 Å². The first kappa shape index (κ1) is 9.47. The van der Waals surface area contributed by atoms with Crippen molar-refractivity contribution in [3.8, 4) is 0 Å². The highest BCUT2D eigenvalue weighted by molar-refractivity contribution is 5.37. The van der Waals surface area contributed by atoms with Crippen molar-refractivity contribution in [3.05, 3.63) is 0 Å². The van der Waals surface area contributed by atoms with Crippen LogP contribution in [0.15, 0.2) is 0 Å². The molecule has 0 radical (unpaired) electrons. The molecule has 0 aliphatic rings. The van der Waals surface area contributed by atoms with Gasteiger partial charge in [-0.15, -0.1) is 0 Å². The number of hydrogen-bond donors (Lipinski definition) is 0. The van der Waals surface area contributed by atoms with E-state index in [0.717, 1.165) is 12.8 Å². The summed E-state index contributed by atoms with van der Waals surface area (Å²) in [5.41, 5.74) is 0. The zero-order chi connectivity index (χ0) is 7.98.